The Labute approximate surface area is 153 Å². The summed E-state index contributed by atoms with van der Waals surface area (Å²) in [6.45, 7) is 4.33. The van der Waals surface area contributed by atoms with Crippen LogP contribution in [0.25, 0.3) is 0 Å². The van der Waals surface area contributed by atoms with Crippen molar-refractivity contribution >= 4 is 5.91 Å². The molecule has 2 aliphatic rings. The Morgan fingerprint density at radius 3 is 2.73 bits per heavy atom. The Morgan fingerprint density at radius 1 is 1.19 bits per heavy atom. The van der Waals surface area contributed by atoms with Crippen LogP contribution in [0, 0.1) is 5.82 Å². The molecule has 0 spiro atoms. The van der Waals surface area contributed by atoms with Gasteiger partial charge in [0.15, 0.2) is 0 Å². The second-order valence-electron chi connectivity index (χ2n) is 7.56. The van der Waals surface area contributed by atoms with Gasteiger partial charge in [0.05, 0.1) is 5.54 Å². The van der Waals surface area contributed by atoms with Gasteiger partial charge in [-0.1, -0.05) is 18.2 Å². The van der Waals surface area contributed by atoms with Gasteiger partial charge in [0.2, 0.25) is 5.91 Å². The first-order chi connectivity index (χ1) is 12.6. The summed E-state index contributed by atoms with van der Waals surface area (Å²) in [7, 11) is 0. The third kappa shape index (κ3) is 3.01. The number of carbonyl (C=O) groups excluding carboxylic acids is 1. The molecule has 2 aliphatic heterocycles. The molecule has 4 rings (SSSR count). The number of aromatic nitrogens is 1. The summed E-state index contributed by atoms with van der Waals surface area (Å²) in [6.07, 6.45) is 5.96. The fourth-order valence-electron chi connectivity index (χ4n) is 4.55. The van der Waals surface area contributed by atoms with E-state index in [2.05, 4.69) is 16.8 Å². The molecule has 1 aromatic carbocycles. The van der Waals surface area contributed by atoms with E-state index in [1.807, 2.05) is 35.5 Å². The molecule has 2 saturated heterocycles. The van der Waals surface area contributed by atoms with Crippen molar-refractivity contribution in [2.24, 2.45) is 0 Å². The fourth-order valence-corrected chi connectivity index (χ4v) is 4.55. The van der Waals surface area contributed by atoms with Crippen molar-refractivity contribution in [1.29, 1.82) is 0 Å². The predicted octanol–water partition coefficient (Wildman–Crippen LogP) is 3.38. The summed E-state index contributed by atoms with van der Waals surface area (Å²) in [6, 6.07) is 11.2. The first kappa shape index (κ1) is 17.2. The van der Waals surface area contributed by atoms with Crippen molar-refractivity contribution < 1.29 is 9.18 Å². The predicted molar refractivity (Wildman–Crippen MR) is 97.6 cm³/mol. The number of rotatable bonds is 4. The lowest BCUT2D eigenvalue weighted by molar-refractivity contribution is -0.144. The highest BCUT2D eigenvalue weighted by atomic mass is 19.1. The highest BCUT2D eigenvalue weighted by Gasteiger charge is 2.51. The maximum atomic E-state index is 14.2. The first-order valence-corrected chi connectivity index (χ1v) is 9.25. The number of halogens is 1. The van der Waals surface area contributed by atoms with Gasteiger partial charge in [0.25, 0.3) is 0 Å². The van der Waals surface area contributed by atoms with E-state index in [0.29, 0.717) is 24.6 Å². The van der Waals surface area contributed by atoms with Crippen LogP contribution in [0.5, 0.6) is 0 Å². The number of likely N-dealkylation sites (tertiary alicyclic amines) is 2. The zero-order valence-electron chi connectivity index (χ0n) is 15.1. The molecule has 0 aliphatic carbocycles. The minimum Gasteiger partial charge on any atom is -0.331 e. The van der Waals surface area contributed by atoms with Crippen LogP contribution in [-0.2, 0) is 17.9 Å². The number of carbonyl (C=O) groups is 1. The van der Waals surface area contributed by atoms with Gasteiger partial charge in [0, 0.05) is 50.1 Å². The highest BCUT2D eigenvalue weighted by Crippen LogP contribution is 2.42. The number of nitrogens with zero attached hydrogens (tertiary/aromatic N) is 3. The van der Waals surface area contributed by atoms with E-state index in [9.17, 15) is 9.18 Å². The van der Waals surface area contributed by atoms with Gasteiger partial charge in [-0.15, -0.1) is 0 Å². The molecule has 0 bridgehead atoms. The summed E-state index contributed by atoms with van der Waals surface area (Å²) in [5.41, 5.74) is 1.59. The van der Waals surface area contributed by atoms with Gasteiger partial charge in [-0.25, -0.2) is 4.39 Å². The Bertz CT molecular complexity index is 797. The smallest absolute Gasteiger partial charge is 0.223 e. The Balaban J connectivity index is 1.57. The minimum absolute atomic E-state index is 0.137. The number of amides is 1. The topological polar surface area (TPSA) is 36.4 Å². The van der Waals surface area contributed by atoms with E-state index >= 15 is 0 Å². The normalized spacial score (nSPS) is 26.2. The van der Waals surface area contributed by atoms with E-state index in [-0.39, 0.29) is 17.3 Å². The molecule has 1 aromatic heterocycles. The molecule has 0 unspecified atom stereocenters. The van der Waals surface area contributed by atoms with Crippen LogP contribution in [0.4, 0.5) is 4.39 Å². The Morgan fingerprint density at radius 2 is 1.96 bits per heavy atom. The van der Waals surface area contributed by atoms with Gasteiger partial charge in [-0.3, -0.25) is 14.7 Å². The maximum absolute atomic E-state index is 14.2. The van der Waals surface area contributed by atoms with Crippen LogP contribution in [0.1, 0.15) is 37.3 Å². The molecular weight excluding hydrogens is 329 g/mol. The number of fused-ring (bicyclic) bond motifs is 1. The standard InChI is InChI=1S/C21H24FN3O/c1-21-10-13-24(14-16-8-11-23-12-9-16)19(21)6-7-20(26)25(21)15-17-4-2-3-5-18(17)22/h2-5,8-9,11-12,19H,6-7,10,13-15H2,1H3/t19-,21-/m0/s1. The molecule has 26 heavy (non-hydrogen) atoms. The van der Waals surface area contributed by atoms with E-state index in [4.69, 9.17) is 0 Å². The van der Waals surface area contributed by atoms with E-state index in [1.165, 1.54) is 11.6 Å². The van der Waals surface area contributed by atoms with Crippen molar-refractivity contribution in [3.8, 4) is 0 Å². The minimum atomic E-state index is -0.245. The quantitative estimate of drug-likeness (QED) is 0.845. The molecule has 2 aromatic rings. The number of benzene rings is 1. The summed E-state index contributed by atoms with van der Waals surface area (Å²) < 4.78 is 14.2. The van der Waals surface area contributed by atoms with Crippen LogP contribution < -0.4 is 0 Å². The van der Waals surface area contributed by atoms with Crippen LogP contribution in [-0.4, -0.2) is 38.8 Å². The van der Waals surface area contributed by atoms with Crippen LogP contribution in [0.3, 0.4) is 0 Å². The van der Waals surface area contributed by atoms with Crippen molar-refractivity contribution in [3.05, 3.63) is 65.7 Å². The van der Waals surface area contributed by atoms with Crippen molar-refractivity contribution in [1.82, 2.24) is 14.8 Å². The molecule has 5 heteroatoms. The van der Waals surface area contributed by atoms with Crippen molar-refractivity contribution in [2.45, 2.75) is 50.9 Å². The zero-order valence-corrected chi connectivity index (χ0v) is 15.1. The van der Waals surface area contributed by atoms with Gasteiger partial charge in [-0.05, 0) is 43.5 Å². The molecule has 4 nitrogen and oxygen atoms in total. The van der Waals surface area contributed by atoms with E-state index in [0.717, 1.165) is 25.9 Å². The first-order valence-electron chi connectivity index (χ1n) is 9.25. The van der Waals surface area contributed by atoms with Crippen molar-refractivity contribution in [2.75, 3.05) is 6.54 Å². The molecule has 0 radical (unpaired) electrons. The van der Waals surface area contributed by atoms with Gasteiger partial charge in [-0.2, -0.15) is 0 Å². The molecule has 136 valence electrons. The average Bonchev–Trinajstić information content (AvgIpc) is 2.97. The Hall–Kier alpha value is -2.27. The SMILES string of the molecule is C[C@]12CCN(Cc3ccncc3)[C@H]1CCC(=O)N2Cc1ccccc1F. The van der Waals surface area contributed by atoms with Crippen LogP contribution in [0.15, 0.2) is 48.8 Å². The lowest BCUT2D eigenvalue weighted by Crippen LogP contribution is -2.60. The van der Waals surface area contributed by atoms with Gasteiger partial charge >= 0.3 is 0 Å². The maximum Gasteiger partial charge on any atom is 0.223 e. The van der Waals surface area contributed by atoms with Gasteiger partial charge in [0.1, 0.15) is 5.82 Å². The largest absolute Gasteiger partial charge is 0.331 e. The average molecular weight is 353 g/mol. The number of hydrogen-bond acceptors (Lipinski definition) is 3. The highest BCUT2D eigenvalue weighted by molar-refractivity contribution is 5.78. The lowest BCUT2D eigenvalue weighted by atomic mass is 9.83. The molecule has 2 fully saturated rings. The number of pyridine rings is 1. The molecule has 3 heterocycles. The number of piperidine rings is 1. The second-order valence-corrected chi connectivity index (χ2v) is 7.56. The third-order valence-corrected chi connectivity index (χ3v) is 6.03. The zero-order chi connectivity index (χ0) is 18.1. The molecule has 0 saturated carbocycles. The van der Waals surface area contributed by atoms with E-state index < -0.39 is 0 Å². The van der Waals surface area contributed by atoms with E-state index in [1.54, 1.807) is 12.1 Å². The van der Waals surface area contributed by atoms with Crippen molar-refractivity contribution in [3.63, 3.8) is 0 Å². The summed E-state index contributed by atoms with van der Waals surface area (Å²) in [4.78, 5) is 21.2. The fraction of sp³-hybridized carbons (Fsp3) is 0.429. The van der Waals surface area contributed by atoms with Gasteiger partial charge < -0.3 is 4.90 Å². The van der Waals surface area contributed by atoms with Crippen LogP contribution in [0.2, 0.25) is 0 Å². The Kier molecular flexibility index (Phi) is 4.49. The lowest BCUT2D eigenvalue weighted by Gasteiger charge is -2.48. The molecule has 2 atom stereocenters. The number of hydrogen-bond donors (Lipinski definition) is 0. The summed E-state index contributed by atoms with van der Waals surface area (Å²) in [5, 5.41) is 0. The third-order valence-electron chi connectivity index (χ3n) is 6.03. The summed E-state index contributed by atoms with van der Waals surface area (Å²) >= 11 is 0. The molecule has 1 amide bonds. The summed E-state index contributed by atoms with van der Waals surface area (Å²) in [5.74, 6) is -0.101. The monoisotopic (exact) mass is 353 g/mol. The second kappa shape index (κ2) is 6.80. The molecule has 0 N–H and O–H groups in total. The van der Waals surface area contributed by atoms with Crippen LogP contribution >= 0.6 is 0 Å². The molecular formula is C21H24FN3O.